The summed E-state index contributed by atoms with van der Waals surface area (Å²) in [6.45, 7) is 6.33. The zero-order valence-electron chi connectivity index (χ0n) is 15.2. The van der Waals surface area contributed by atoms with Crippen molar-refractivity contribution >= 4 is 5.91 Å². The fourth-order valence-electron chi connectivity index (χ4n) is 3.79. The normalized spacial score (nSPS) is 21.3. The number of carbonyl (C=O) groups excluding carboxylic acids is 1. The third-order valence-corrected chi connectivity index (χ3v) is 5.21. The van der Waals surface area contributed by atoms with Crippen LogP contribution in [0.1, 0.15) is 30.4 Å². The first-order valence-corrected chi connectivity index (χ1v) is 9.29. The molecule has 1 amide bonds. The van der Waals surface area contributed by atoms with Gasteiger partial charge in [-0.2, -0.15) is 0 Å². The first kappa shape index (κ1) is 17.2. The quantitative estimate of drug-likeness (QED) is 0.833. The summed E-state index contributed by atoms with van der Waals surface area (Å²) in [6, 6.07) is 6.08. The zero-order chi connectivity index (χ0) is 17.9. The van der Waals surface area contributed by atoms with Gasteiger partial charge in [0.15, 0.2) is 0 Å². The molecule has 0 N–H and O–H groups in total. The van der Waals surface area contributed by atoms with Gasteiger partial charge in [-0.05, 0) is 31.9 Å². The van der Waals surface area contributed by atoms with E-state index in [0.29, 0.717) is 19.8 Å². The maximum Gasteiger partial charge on any atom is 0.237 e. The van der Waals surface area contributed by atoms with Gasteiger partial charge in [0.25, 0.3) is 0 Å². The van der Waals surface area contributed by atoms with Gasteiger partial charge in [0.05, 0.1) is 31.5 Å². The Labute approximate surface area is 153 Å². The molecule has 0 aliphatic carbocycles. The van der Waals surface area contributed by atoms with Gasteiger partial charge in [-0.25, -0.2) is 9.97 Å². The number of carbonyl (C=O) groups is 1. The summed E-state index contributed by atoms with van der Waals surface area (Å²) in [5.41, 5.74) is 0.962. The number of aromatic nitrogens is 3. The lowest BCUT2D eigenvalue weighted by atomic mass is 10.1. The van der Waals surface area contributed by atoms with Crippen LogP contribution in [0.3, 0.4) is 0 Å². The standard InChI is InChI=1S/C19H25N5O2/c1-15-20-7-9-23(15)18-6-2-4-16(21-18)17-5-3-8-24(17)19(25)14-22-10-12-26-13-11-22/h2,4,6-7,9,17H,3,5,8,10-14H2,1H3/t17-/m1/s1. The molecule has 0 aromatic carbocycles. The summed E-state index contributed by atoms with van der Waals surface area (Å²) in [5.74, 6) is 1.95. The average molecular weight is 355 g/mol. The van der Waals surface area contributed by atoms with Gasteiger partial charge in [0.1, 0.15) is 11.6 Å². The van der Waals surface area contributed by atoms with Crippen LogP contribution in [0.2, 0.25) is 0 Å². The molecule has 4 rings (SSSR count). The number of ether oxygens (including phenoxy) is 1. The predicted octanol–water partition coefficient (Wildman–Crippen LogP) is 1.57. The first-order chi connectivity index (χ1) is 12.7. The van der Waals surface area contributed by atoms with E-state index in [1.165, 1.54) is 0 Å². The number of pyridine rings is 1. The molecular formula is C19H25N5O2. The Hall–Kier alpha value is -2.25. The molecule has 2 aliphatic rings. The summed E-state index contributed by atoms with van der Waals surface area (Å²) in [5, 5.41) is 0. The lowest BCUT2D eigenvalue weighted by molar-refractivity contribution is -0.134. The Morgan fingerprint density at radius 2 is 2.12 bits per heavy atom. The van der Waals surface area contributed by atoms with Crippen LogP contribution < -0.4 is 0 Å². The molecule has 1 atom stereocenters. The van der Waals surface area contributed by atoms with E-state index in [1.54, 1.807) is 6.20 Å². The van der Waals surface area contributed by atoms with Crippen LogP contribution in [0.4, 0.5) is 0 Å². The van der Waals surface area contributed by atoms with Crippen LogP contribution in [0, 0.1) is 6.92 Å². The molecule has 138 valence electrons. The molecule has 26 heavy (non-hydrogen) atoms. The molecule has 0 spiro atoms. The van der Waals surface area contributed by atoms with Gasteiger partial charge in [-0.15, -0.1) is 0 Å². The van der Waals surface area contributed by atoms with Crippen molar-refractivity contribution in [2.24, 2.45) is 0 Å². The van der Waals surface area contributed by atoms with Crippen LogP contribution in [-0.2, 0) is 9.53 Å². The molecule has 4 heterocycles. The zero-order valence-corrected chi connectivity index (χ0v) is 15.2. The molecule has 0 radical (unpaired) electrons. The van der Waals surface area contributed by atoms with Crippen LogP contribution >= 0.6 is 0 Å². The second kappa shape index (κ2) is 7.55. The lowest BCUT2D eigenvalue weighted by Crippen LogP contribution is -2.44. The van der Waals surface area contributed by atoms with Crippen molar-refractivity contribution in [3.05, 3.63) is 42.1 Å². The largest absolute Gasteiger partial charge is 0.379 e. The van der Waals surface area contributed by atoms with Crippen molar-refractivity contribution in [2.75, 3.05) is 39.4 Å². The van der Waals surface area contributed by atoms with Gasteiger partial charge >= 0.3 is 0 Å². The van der Waals surface area contributed by atoms with Gasteiger partial charge in [-0.1, -0.05) is 6.07 Å². The first-order valence-electron chi connectivity index (χ1n) is 9.29. The minimum absolute atomic E-state index is 0.0623. The number of rotatable bonds is 4. The van der Waals surface area contributed by atoms with Crippen molar-refractivity contribution in [1.29, 1.82) is 0 Å². The van der Waals surface area contributed by atoms with E-state index >= 15 is 0 Å². The number of hydrogen-bond acceptors (Lipinski definition) is 5. The molecule has 2 aromatic rings. The Balaban J connectivity index is 1.51. The predicted molar refractivity (Wildman–Crippen MR) is 97.0 cm³/mol. The smallest absolute Gasteiger partial charge is 0.237 e. The maximum absolute atomic E-state index is 12.9. The summed E-state index contributed by atoms with van der Waals surface area (Å²) in [6.07, 6.45) is 5.68. The monoisotopic (exact) mass is 355 g/mol. The van der Waals surface area contributed by atoms with E-state index < -0.39 is 0 Å². The average Bonchev–Trinajstić information content (AvgIpc) is 3.32. The molecule has 7 heteroatoms. The second-order valence-corrected chi connectivity index (χ2v) is 6.90. The van der Waals surface area contributed by atoms with E-state index in [2.05, 4.69) is 9.88 Å². The molecule has 0 bridgehead atoms. The van der Waals surface area contributed by atoms with Gasteiger partial charge in [0, 0.05) is 32.0 Å². The number of likely N-dealkylation sites (tertiary alicyclic amines) is 1. The number of nitrogens with zero attached hydrogens (tertiary/aromatic N) is 5. The van der Waals surface area contributed by atoms with Crippen molar-refractivity contribution in [2.45, 2.75) is 25.8 Å². The fourth-order valence-corrected chi connectivity index (χ4v) is 3.79. The summed E-state index contributed by atoms with van der Waals surface area (Å²) in [7, 11) is 0. The third kappa shape index (κ3) is 3.50. The van der Waals surface area contributed by atoms with Crippen molar-refractivity contribution in [3.8, 4) is 5.82 Å². The highest BCUT2D eigenvalue weighted by Gasteiger charge is 2.32. The number of amides is 1. The topological polar surface area (TPSA) is 63.5 Å². The number of morpholine rings is 1. The summed E-state index contributed by atoms with van der Waals surface area (Å²) in [4.78, 5) is 26.2. The minimum atomic E-state index is 0.0623. The molecular weight excluding hydrogens is 330 g/mol. The van der Waals surface area contributed by atoms with Crippen LogP contribution in [0.5, 0.6) is 0 Å². The fraction of sp³-hybridized carbons (Fsp3) is 0.526. The molecule has 2 fully saturated rings. The third-order valence-electron chi connectivity index (χ3n) is 5.21. The van der Waals surface area contributed by atoms with Crippen LogP contribution in [0.25, 0.3) is 5.82 Å². The highest BCUT2D eigenvalue weighted by atomic mass is 16.5. The van der Waals surface area contributed by atoms with E-state index in [-0.39, 0.29) is 11.9 Å². The van der Waals surface area contributed by atoms with Gasteiger partial charge < -0.3 is 9.64 Å². The van der Waals surface area contributed by atoms with E-state index in [4.69, 9.17) is 9.72 Å². The summed E-state index contributed by atoms with van der Waals surface area (Å²) >= 11 is 0. The van der Waals surface area contributed by atoms with E-state index in [0.717, 1.165) is 49.8 Å². The molecule has 7 nitrogen and oxygen atoms in total. The molecule has 2 aliphatic heterocycles. The molecule has 0 unspecified atom stereocenters. The Morgan fingerprint density at radius 1 is 1.27 bits per heavy atom. The SMILES string of the molecule is Cc1nccn1-c1cccc([C@H]2CCCN2C(=O)CN2CCOCC2)n1. The summed E-state index contributed by atoms with van der Waals surface area (Å²) < 4.78 is 7.34. The van der Waals surface area contributed by atoms with Crippen LogP contribution in [0.15, 0.2) is 30.6 Å². The van der Waals surface area contributed by atoms with Crippen molar-refractivity contribution < 1.29 is 9.53 Å². The van der Waals surface area contributed by atoms with Gasteiger partial charge in [0.2, 0.25) is 5.91 Å². The molecule has 2 saturated heterocycles. The minimum Gasteiger partial charge on any atom is -0.379 e. The number of hydrogen-bond donors (Lipinski definition) is 0. The van der Waals surface area contributed by atoms with Gasteiger partial charge in [-0.3, -0.25) is 14.3 Å². The van der Waals surface area contributed by atoms with Crippen LogP contribution in [-0.4, -0.2) is 69.6 Å². The van der Waals surface area contributed by atoms with E-state index in [9.17, 15) is 4.79 Å². The molecule has 0 saturated carbocycles. The Kier molecular flexibility index (Phi) is 4.99. The van der Waals surface area contributed by atoms with Crippen molar-refractivity contribution in [1.82, 2.24) is 24.3 Å². The highest BCUT2D eigenvalue weighted by Crippen LogP contribution is 2.31. The van der Waals surface area contributed by atoms with E-state index in [1.807, 2.05) is 40.8 Å². The lowest BCUT2D eigenvalue weighted by Gasteiger charge is -2.30. The maximum atomic E-state index is 12.9. The molecule has 2 aromatic heterocycles. The Bertz CT molecular complexity index is 769. The second-order valence-electron chi connectivity index (χ2n) is 6.90. The number of imidazole rings is 1. The number of aryl methyl sites for hydroxylation is 1. The Morgan fingerprint density at radius 3 is 2.88 bits per heavy atom. The van der Waals surface area contributed by atoms with Crippen molar-refractivity contribution in [3.63, 3.8) is 0 Å². The highest BCUT2D eigenvalue weighted by molar-refractivity contribution is 5.79.